The van der Waals surface area contributed by atoms with E-state index in [1.165, 1.54) is 0 Å². The van der Waals surface area contributed by atoms with Crippen molar-refractivity contribution in [2.75, 3.05) is 5.33 Å². The fourth-order valence-corrected chi connectivity index (χ4v) is 2.15. The highest BCUT2D eigenvalue weighted by Crippen LogP contribution is 2.26. The third-order valence-electron chi connectivity index (χ3n) is 3.32. The summed E-state index contributed by atoms with van der Waals surface area (Å²) in [7, 11) is -0.391. The van der Waals surface area contributed by atoms with Crippen LogP contribution in [0.2, 0.25) is 0 Å². The van der Waals surface area contributed by atoms with Crippen LogP contribution in [0, 0.1) is 0 Å². The van der Waals surface area contributed by atoms with Crippen molar-refractivity contribution in [1.29, 1.82) is 0 Å². The highest BCUT2D eigenvalue weighted by molar-refractivity contribution is 9.09. The van der Waals surface area contributed by atoms with E-state index in [1.54, 1.807) is 6.07 Å². The zero-order valence-corrected chi connectivity index (χ0v) is 14.4. The van der Waals surface area contributed by atoms with Crippen LogP contribution in [0.25, 0.3) is 0 Å². The Labute approximate surface area is 130 Å². The van der Waals surface area contributed by atoms with Gasteiger partial charge >= 0.3 is 7.12 Å². The molecule has 0 aromatic heterocycles. The summed E-state index contributed by atoms with van der Waals surface area (Å²) in [6.45, 7) is 10.0. The molecule has 0 saturated carbocycles. The molecule has 5 heteroatoms. The molecule has 1 saturated heterocycles. The lowest BCUT2D eigenvalue weighted by Gasteiger charge is -2.21. The highest BCUT2D eigenvalue weighted by Gasteiger charge is 2.43. The lowest BCUT2D eigenvalue weighted by Crippen LogP contribution is -2.35. The SMILES string of the molecule is CC.CC1OB(c2cccc(C(=O)CBr)c2)OC1(C)C. The third kappa shape index (κ3) is 3.93. The van der Waals surface area contributed by atoms with Gasteiger partial charge in [-0.05, 0) is 26.2 Å². The summed E-state index contributed by atoms with van der Waals surface area (Å²) < 4.78 is 11.7. The molecule has 0 N–H and O–H groups in total. The Morgan fingerprint density at radius 3 is 2.55 bits per heavy atom. The molecule has 1 aliphatic rings. The number of ketones is 1. The topological polar surface area (TPSA) is 35.5 Å². The van der Waals surface area contributed by atoms with Crippen molar-refractivity contribution in [3.05, 3.63) is 29.8 Å². The van der Waals surface area contributed by atoms with Crippen molar-refractivity contribution in [1.82, 2.24) is 0 Å². The minimum Gasteiger partial charge on any atom is -0.402 e. The number of benzene rings is 1. The molecular formula is C15H22BBrO3. The summed E-state index contributed by atoms with van der Waals surface area (Å²) in [5.41, 5.74) is 1.26. The van der Waals surface area contributed by atoms with Crippen LogP contribution in [0.15, 0.2) is 24.3 Å². The maximum atomic E-state index is 11.6. The molecule has 110 valence electrons. The van der Waals surface area contributed by atoms with Gasteiger partial charge in [0.1, 0.15) is 0 Å². The Balaban J connectivity index is 0.000000956. The number of halogens is 1. The molecule has 0 amide bonds. The summed E-state index contributed by atoms with van der Waals surface area (Å²) in [6.07, 6.45) is 0.0260. The molecule has 1 fully saturated rings. The van der Waals surface area contributed by atoms with Crippen LogP contribution >= 0.6 is 15.9 Å². The van der Waals surface area contributed by atoms with Gasteiger partial charge < -0.3 is 9.31 Å². The molecule has 1 aromatic carbocycles. The van der Waals surface area contributed by atoms with Gasteiger partial charge in [0.15, 0.2) is 5.78 Å². The number of alkyl halides is 1. The maximum absolute atomic E-state index is 11.6. The second kappa shape index (κ2) is 7.39. The van der Waals surface area contributed by atoms with Gasteiger partial charge in [-0.1, -0.05) is 54.0 Å². The van der Waals surface area contributed by atoms with Crippen LogP contribution in [0.5, 0.6) is 0 Å². The Kier molecular flexibility index (Phi) is 6.43. The van der Waals surface area contributed by atoms with Gasteiger partial charge in [-0.2, -0.15) is 0 Å². The van der Waals surface area contributed by atoms with Gasteiger partial charge in [0, 0.05) is 5.56 Å². The number of hydrogen-bond donors (Lipinski definition) is 0. The molecule has 0 bridgehead atoms. The summed E-state index contributed by atoms with van der Waals surface area (Å²) in [5.74, 6) is 0.0576. The molecule has 0 aliphatic carbocycles. The van der Waals surface area contributed by atoms with Crippen LogP contribution in [0.1, 0.15) is 45.0 Å². The molecular weight excluding hydrogens is 319 g/mol. The second-order valence-electron chi connectivity index (χ2n) is 5.01. The Bertz CT molecular complexity index is 462. The lowest BCUT2D eigenvalue weighted by atomic mass is 9.78. The summed E-state index contributed by atoms with van der Waals surface area (Å²) in [4.78, 5) is 11.6. The van der Waals surface area contributed by atoms with Gasteiger partial charge in [0.05, 0.1) is 17.0 Å². The van der Waals surface area contributed by atoms with Crippen LogP contribution in [0.3, 0.4) is 0 Å². The first kappa shape index (κ1) is 17.4. The number of hydrogen-bond acceptors (Lipinski definition) is 3. The first-order valence-electron chi connectivity index (χ1n) is 6.96. The predicted molar refractivity (Wildman–Crippen MR) is 87.0 cm³/mol. The standard InChI is InChI=1S/C13H16BBrO3.C2H6/c1-9-13(2,3)18-14(17-9)11-6-4-5-10(7-11)12(16)8-15;1-2/h4-7,9H,8H2,1-3H3;1-2H3. The zero-order valence-electron chi connectivity index (χ0n) is 12.8. The third-order valence-corrected chi connectivity index (χ3v) is 3.83. The van der Waals surface area contributed by atoms with Gasteiger partial charge in [0.25, 0.3) is 0 Å². The number of Topliss-reactive ketones (excluding diaryl/α,β-unsaturated/α-hetero) is 1. The van der Waals surface area contributed by atoms with E-state index in [4.69, 9.17) is 9.31 Å². The average Bonchev–Trinajstić information content (AvgIpc) is 2.74. The molecule has 1 aromatic rings. The Morgan fingerprint density at radius 2 is 2.05 bits per heavy atom. The summed E-state index contributed by atoms with van der Waals surface area (Å²) >= 11 is 3.18. The zero-order chi connectivity index (χ0) is 15.3. The van der Waals surface area contributed by atoms with Crippen molar-refractivity contribution in [2.45, 2.75) is 46.3 Å². The van der Waals surface area contributed by atoms with E-state index in [0.29, 0.717) is 10.9 Å². The van der Waals surface area contributed by atoms with Crippen molar-refractivity contribution in [2.24, 2.45) is 0 Å². The summed E-state index contributed by atoms with van der Waals surface area (Å²) in [6, 6.07) is 7.41. The fourth-order valence-electron chi connectivity index (χ4n) is 1.83. The van der Waals surface area contributed by atoms with Crippen molar-refractivity contribution in [3.63, 3.8) is 0 Å². The number of carbonyl (C=O) groups excluding carboxylic acids is 1. The molecule has 3 nitrogen and oxygen atoms in total. The van der Waals surface area contributed by atoms with E-state index in [0.717, 1.165) is 5.46 Å². The van der Waals surface area contributed by atoms with E-state index in [1.807, 2.05) is 52.8 Å². The average molecular weight is 341 g/mol. The van der Waals surface area contributed by atoms with Crippen molar-refractivity contribution >= 4 is 34.3 Å². The maximum Gasteiger partial charge on any atom is 0.494 e. The minimum absolute atomic E-state index is 0.0260. The molecule has 0 spiro atoms. The van der Waals surface area contributed by atoms with E-state index < -0.39 is 7.12 Å². The largest absolute Gasteiger partial charge is 0.494 e. The second-order valence-corrected chi connectivity index (χ2v) is 5.57. The normalized spacial score (nSPS) is 20.3. The van der Waals surface area contributed by atoms with Crippen LogP contribution < -0.4 is 5.46 Å². The van der Waals surface area contributed by atoms with Crippen LogP contribution in [-0.4, -0.2) is 29.9 Å². The number of rotatable bonds is 3. The molecule has 1 aliphatic heterocycles. The quantitative estimate of drug-likeness (QED) is 0.481. The smallest absolute Gasteiger partial charge is 0.402 e. The van der Waals surface area contributed by atoms with Crippen molar-refractivity contribution in [3.8, 4) is 0 Å². The van der Waals surface area contributed by atoms with Gasteiger partial charge in [-0.15, -0.1) is 0 Å². The van der Waals surface area contributed by atoms with E-state index in [-0.39, 0.29) is 17.5 Å². The van der Waals surface area contributed by atoms with E-state index in [9.17, 15) is 4.79 Å². The number of carbonyl (C=O) groups is 1. The molecule has 1 unspecified atom stereocenters. The predicted octanol–water partition coefficient (Wildman–Crippen LogP) is 3.20. The molecule has 2 rings (SSSR count). The first-order valence-corrected chi connectivity index (χ1v) is 8.08. The highest BCUT2D eigenvalue weighted by atomic mass is 79.9. The summed E-state index contributed by atoms with van der Waals surface area (Å²) in [5, 5.41) is 0.324. The molecule has 0 radical (unpaired) electrons. The Morgan fingerprint density at radius 1 is 1.40 bits per heavy atom. The first-order chi connectivity index (χ1) is 9.44. The van der Waals surface area contributed by atoms with E-state index in [2.05, 4.69) is 15.9 Å². The lowest BCUT2D eigenvalue weighted by molar-refractivity contribution is 0.0842. The molecule has 1 atom stereocenters. The fraction of sp³-hybridized carbons (Fsp3) is 0.533. The molecule has 20 heavy (non-hydrogen) atoms. The van der Waals surface area contributed by atoms with Crippen molar-refractivity contribution < 1.29 is 14.1 Å². The van der Waals surface area contributed by atoms with Crippen LogP contribution in [0.4, 0.5) is 0 Å². The van der Waals surface area contributed by atoms with E-state index >= 15 is 0 Å². The van der Waals surface area contributed by atoms with Gasteiger partial charge in [0.2, 0.25) is 0 Å². The van der Waals surface area contributed by atoms with Crippen LogP contribution in [-0.2, 0) is 9.31 Å². The van der Waals surface area contributed by atoms with Gasteiger partial charge in [-0.25, -0.2) is 0 Å². The van der Waals surface area contributed by atoms with Gasteiger partial charge in [-0.3, -0.25) is 4.79 Å². The minimum atomic E-state index is -0.391. The monoisotopic (exact) mass is 340 g/mol. The Hall–Kier alpha value is -0.645. The molecule has 1 heterocycles.